The van der Waals surface area contributed by atoms with E-state index in [9.17, 15) is 18.0 Å². The number of para-hydroxylation sites is 1. The number of rotatable bonds is 9. The average Bonchev–Trinajstić information content (AvgIpc) is 2.88. The van der Waals surface area contributed by atoms with Crippen LogP contribution in [0.3, 0.4) is 0 Å². The van der Waals surface area contributed by atoms with Gasteiger partial charge in [-0.3, -0.25) is 9.10 Å². The van der Waals surface area contributed by atoms with E-state index in [4.69, 9.17) is 9.47 Å². The second kappa shape index (κ2) is 11.8. The van der Waals surface area contributed by atoms with Gasteiger partial charge in [-0.1, -0.05) is 35.9 Å². The molecule has 0 radical (unpaired) electrons. The van der Waals surface area contributed by atoms with Crippen LogP contribution in [0.4, 0.5) is 10.5 Å². The fourth-order valence-corrected chi connectivity index (χ4v) is 4.49. The topological polar surface area (TPSA) is 124 Å². The van der Waals surface area contributed by atoms with Crippen molar-refractivity contribution < 1.29 is 32.2 Å². The average molecular weight is 512 g/mol. The molecule has 0 aliphatic carbocycles. The van der Waals surface area contributed by atoms with Crippen LogP contribution >= 0.6 is 0 Å². The molecule has 0 atom stereocenters. The summed E-state index contributed by atoms with van der Waals surface area (Å²) in [4.78, 5) is 24.0. The first-order valence-electron chi connectivity index (χ1n) is 10.6. The lowest BCUT2D eigenvalue weighted by molar-refractivity contribution is -0.119. The number of carbonyl (C=O) groups is 2. The molecule has 0 fully saturated rings. The Labute approximate surface area is 209 Å². The molecular formula is C25H25N3O7S. The molecule has 0 aliphatic heterocycles. The number of ether oxygens (including phenoxy) is 3. The van der Waals surface area contributed by atoms with Crippen LogP contribution < -0.4 is 19.2 Å². The summed E-state index contributed by atoms with van der Waals surface area (Å²) in [5.41, 5.74) is 4.11. The molecule has 0 aromatic heterocycles. The van der Waals surface area contributed by atoms with Crippen molar-refractivity contribution in [1.29, 1.82) is 0 Å². The minimum absolute atomic E-state index is 0.0645. The lowest BCUT2D eigenvalue weighted by atomic mass is 10.2. The van der Waals surface area contributed by atoms with E-state index in [1.54, 1.807) is 48.5 Å². The van der Waals surface area contributed by atoms with E-state index in [0.717, 1.165) is 9.87 Å². The summed E-state index contributed by atoms with van der Waals surface area (Å²) in [6, 6.07) is 19.3. The van der Waals surface area contributed by atoms with Gasteiger partial charge in [-0.15, -0.1) is 0 Å². The van der Waals surface area contributed by atoms with Crippen molar-refractivity contribution in [2.45, 2.75) is 11.8 Å². The smallest absolute Gasteiger partial charge is 0.493 e. The van der Waals surface area contributed by atoms with Crippen molar-refractivity contribution in [1.82, 2.24) is 5.43 Å². The SMILES string of the molecule is COC(=O)Oc1ccc(/C=N\NC(=O)CN(c2ccccc2)S(=O)(=O)c2ccc(C)cc2)cc1OC. The van der Waals surface area contributed by atoms with Crippen molar-refractivity contribution in [2.75, 3.05) is 25.1 Å². The molecule has 0 heterocycles. The van der Waals surface area contributed by atoms with Gasteiger partial charge in [-0.05, 0) is 55.0 Å². The number of hydrogen-bond acceptors (Lipinski definition) is 8. The van der Waals surface area contributed by atoms with Gasteiger partial charge < -0.3 is 14.2 Å². The van der Waals surface area contributed by atoms with Crippen LogP contribution in [0.5, 0.6) is 11.5 Å². The molecule has 0 spiro atoms. The molecule has 0 saturated carbocycles. The number of benzene rings is 3. The van der Waals surface area contributed by atoms with Crippen molar-refractivity contribution in [3.8, 4) is 11.5 Å². The molecule has 10 nitrogen and oxygen atoms in total. The fourth-order valence-electron chi connectivity index (χ4n) is 3.07. The molecule has 3 rings (SSSR count). The van der Waals surface area contributed by atoms with Crippen LogP contribution in [0, 0.1) is 6.92 Å². The Kier molecular flexibility index (Phi) is 8.63. The first kappa shape index (κ1) is 26.2. The van der Waals surface area contributed by atoms with Crippen LogP contribution in [0.1, 0.15) is 11.1 Å². The number of aryl methyl sites for hydroxylation is 1. The molecule has 36 heavy (non-hydrogen) atoms. The molecule has 0 bridgehead atoms. The number of nitrogens with zero attached hydrogens (tertiary/aromatic N) is 2. The Morgan fingerprint density at radius 3 is 2.31 bits per heavy atom. The summed E-state index contributed by atoms with van der Waals surface area (Å²) in [7, 11) is -1.44. The van der Waals surface area contributed by atoms with Crippen molar-refractivity contribution in [3.05, 3.63) is 83.9 Å². The molecule has 1 amide bonds. The third-order valence-corrected chi connectivity index (χ3v) is 6.68. The van der Waals surface area contributed by atoms with E-state index in [-0.39, 0.29) is 16.4 Å². The summed E-state index contributed by atoms with van der Waals surface area (Å²) in [5.74, 6) is -0.260. The number of hydrogen-bond donors (Lipinski definition) is 1. The van der Waals surface area contributed by atoms with E-state index in [0.29, 0.717) is 11.3 Å². The van der Waals surface area contributed by atoms with E-state index < -0.39 is 28.6 Å². The Hall–Kier alpha value is -4.38. The van der Waals surface area contributed by atoms with Gasteiger partial charge in [0.2, 0.25) is 0 Å². The Bertz CT molecular complexity index is 1340. The highest BCUT2D eigenvalue weighted by atomic mass is 32.2. The number of sulfonamides is 1. The van der Waals surface area contributed by atoms with Crippen LogP contribution in [0.2, 0.25) is 0 Å². The van der Waals surface area contributed by atoms with E-state index in [1.807, 2.05) is 6.92 Å². The molecule has 1 N–H and O–H groups in total. The van der Waals surface area contributed by atoms with Gasteiger partial charge in [0.1, 0.15) is 6.54 Å². The maximum atomic E-state index is 13.3. The van der Waals surface area contributed by atoms with Crippen LogP contribution in [0.25, 0.3) is 0 Å². The molecule has 11 heteroatoms. The first-order valence-corrected chi connectivity index (χ1v) is 12.1. The van der Waals surface area contributed by atoms with Gasteiger partial charge in [0.05, 0.1) is 31.0 Å². The summed E-state index contributed by atoms with van der Waals surface area (Å²) < 4.78 is 42.3. The first-order chi connectivity index (χ1) is 17.2. The summed E-state index contributed by atoms with van der Waals surface area (Å²) in [5, 5.41) is 3.90. The van der Waals surface area contributed by atoms with Gasteiger partial charge in [0.15, 0.2) is 11.5 Å². The van der Waals surface area contributed by atoms with E-state index >= 15 is 0 Å². The third-order valence-electron chi connectivity index (χ3n) is 4.89. The van der Waals surface area contributed by atoms with Gasteiger partial charge in [-0.2, -0.15) is 5.10 Å². The highest BCUT2D eigenvalue weighted by molar-refractivity contribution is 7.92. The molecule has 0 aliphatic rings. The van der Waals surface area contributed by atoms with Crippen molar-refractivity contribution in [2.24, 2.45) is 5.10 Å². The van der Waals surface area contributed by atoms with Crippen LogP contribution in [0.15, 0.2) is 82.8 Å². The lowest BCUT2D eigenvalue weighted by Crippen LogP contribution is -2.39. The quantitative estimate of drug-likeness (QED) is 0.202. The number of amides is 1. The highest BCUT2D eigenvalue weighted by Crippen LogP contribution is 2.28. The van der Waals surface area contributed by atoms with Gasteiger partial charge >= 0.3 is 6.16 Å². The molecule has 0 unspecified atom stereocenters. The molecule has 188 valence electrons. The van der Waals surface area contributed by atoms with Crippen LogP contribution in [-0.4, -0.2) is 47.5 Å². The number of methoxy groups -OCH3 is 2. The second-order valence-corrected chi connectivity index (χ2v) is 9.28. The lowest BCUT2D eigenvalue weighted by Gasteiger charge is -2.23. The normalized spacial score (nSPS) is 11.1. The Morgan fingerprint density at radius 1 is 0.972 bits per heavy atom. The zero-order valence-corrected chi connectivity index (χ0v) is 20.7. The Balaban J connectivity index is 1.76. The monoisotopic (exact) mass is 511 g/mol. The highest BCUT2D eigenvalue weighted by Gasteiger charge is 2.27. The minimum Gasteiger partial charge on any atom is -0.493 e. The minimum atomic E-state index is -4.02. The number of anilines is 1. The molecule has 0 saturated heterocycles. The van der Waals surface area contributed by atoms with Crippen LogP contribution in [-0.2, 0) is 19.6 Å². The number of carbonyl (C=O) groups excluding carboxylic acids is 2. The Morgan fingerprint density at radius 2 is 1.67 bits per heavy atom. The number of hydrazone groups is 1. The zero-order valence-electron chi connectivity index (χ0n) is 19.9. The zero-order chi connectivity index (χ0) is 26.1. The van der Waals surface area contributed by atoms with Crippen molar-refractivity contribution in [3.63, 3.8) is 0 Å². The molecule has 3 aromatic rings. The predicted molar refractivity (Wildman–Crippen MR) is 134 cm³/mol. The summed E-state index contributed by atoms with van der Waals surface area (Å²) >= 11 is 0. The maximum Gasteiger partial charge on any atom is 0.513 e. The largest absolute Gasteiger partial charge is 0.513 e. The standard InChI is InChI=1S/C25H25N3O7S/c1-18-9-12-21(13-10-18)36(31,32)28(20-7-5-4-6-8-20)17-24(29)27-26-16-19-11-14-22(23(15-19)33-2)35-25(30)34-3/h4-16H,17H2,1-3H3,(H,27,29)/b26-16-. The van der Waals surface area contributed by atoms with Gasteiger partial charge in [0.25, 0.3) is 15.9 Å². The van der Waals surface area contributed by atoms with E-state index in [2.05, 4.69) is 15.3 Å². The molecule has 3 aromatic carbocycles. The third kappa shape index (κ3) is 6.60. The van der Waals surface area contributed by atoms with E-state index in [1.165, 1.54) is 44.7 Å². The fraction of sp³-hybridized carbons (Fsp3) is 0.160. The number of nitrogens with one attached hydrogen (secondary N) is 1. The van der Waals surface area contributed by atoms with Gasteiger partial charge in [0, 0.05) is 0 Å². The van der Waals surface area contributed by atoms with Crippen molar-refractivity contribution >= 4 is 34.0 Å². The maximum absolute atomic E-state index is 13.3. The molecular weight excluding hydrogens is 486 g/mol. The van der Waals surface area contributed by atoms with Gasteiger partial charge in [-0.25, -0.2) is 18.6 Å². The predicted octanol–water partition coefficient (Wildman–Crippen LogP) is 3.49. The second-order valence-electron chi connectivity index (χ2n) is 7.42. The summed E-state index contributed by atoms with van der Waals surface area (Å²) in [6.07, 6.45) is 0.439. The summed E-state index contributed by atoms with van der Waals surface area (Å²) in [6.45, 7) is 1.36.